The van der Waals surface area contributed by atoms with Gasteiger partial charge in [-0.25, -0.2) is 8.42 Å². The third-order valence-electron chi connectivity index (χ3n) is 6.08. The van der Waals surface area contributed by atoms with Crippen LogP contribution in [-0.4, -0.2) is 36.3 Å². The lowest BCUT2D eigenvalue weighted by Crippen LogP contribution is -2.31. The number of carbonyl (C=O) groups excluding carboxylic acids is 1. The number of nitrogens with one attached hydrogen (secondary N) is 1. The fourth-order valence-corrected chi connectivity index (χ4v) is 6.80. The number of hydrogen-bond donors (Lipinski definition) is 1. The molecule has 0 radical (unpaired) electrons. The Bertz CT molecular complexity index is 1300. The molecule has 2 aromatic carbocycles. The zero-order chi connectivity index (χ0) is 23.4. The topological polar surface area (TPSA) is 88.5 Å². The summed E-state index contributed by atoms with van der Waals surface area (Å²) in [6.45, 7) is 3.34. The van der Waals surface area contributed by atoms with E-state index < -0.39 is 10.0 Å². The number of para-hydroxylation sites is 1. The van der Waals surface area contributed by atoms with Crippen LogP contribution in [0.25, 0.3) is 10.2 Å². The van der Waals surface area contributed by atoms with Crippen LogP contribution < -0.4 is 10.2 Å². The molecule has 7 nitrogen and oxygen atoms in total. The number of carbonyl (C=O) groups is 1. The van der Waals surface area contributed by atoms with Crippen LogP contribution in [0, 0.1) is 0 Å². The summed E-state index contributed by atoms with van der Waals surface area (Å²) in [5.74, 6) is -0.164. The van der Waals surface area contributed by atoms with Gasteiger partial charge >= 0.3 is 4.87 Å². The number of nitrogens with zero attached hydrogens (tertiary/aromatic N) is 2. The quantitative estimate of drug-likeness (QED) is 0.540. The maximum absolute atomic E-state index is 13.1. The average Bonchev–Trinajstić information content (AvgIpc) is 2.96. The number of benzene rings is 2. The van der Waals surface area contributed by atoms with Crippen molar-refractivity contribution in [2.24, 2.45) is 0 Å². The number of anilines is 1. The molecule has 1 aliphatic heterocycles. The highest BCUT2D eigenvalue weighted by Crippen LogP contribution is 2.26. The number of sulfonamides is 1. The fourth-order valence-electron chi connectivity index (χ4n) is 4.23. The minimum absolute atomic E-state index is 0.150. The summed E-state index contributed by atoms with van der Waals surface area (Å²) < 4.78 is 29.9. The first kappa shape index (κ1) is 23.7. The van der Waals surface area contributed by atoms with E-state index in [4.69, 9.17) is 0 Å². The molecule has 1 aliphatic rings. The van der Waals surface area contributed by atoms with E-state index in [0.717, 1.165) is 54.7 Å². The Morgan fingerprint density at radius 1 is 1.06 bits per heavy atom. The molecule has 1 saturated heterocycles. The second kappa shape index (κ2) is 10.2. The molecule has 0 unspecified atom stereocenters. The van der Waals surface area contributed by atoms with Crippen LogP contribution in [0.1, 0.15) is 44.6 Å². The van der Waals surface area contributed by atoms with Gasteiger partial charge in [-0.15, -0.1) is 0 Å². The van der Waals surface area contributed by atoms with Gasteiger partial charge in [0.15, 0.2) is 0 Å². The fraction of sp³-hybridized carbons (Fsp3) is 0.417. The molecule has 176 valence electrons. The molecular formula is C24H29N3O4S2. The zero-order valence-corrected chi connectivity index (χ0v) is 20.4. The molecule has 9 heteroatoms. The molecule has 1 aromatic heterocycles. The standard InChI is InChI=1S/C24H29N3O4S2/c1-2-18-9-5-6-10-20(18)25-23(28)13-16-27-21-12-11-19(17-22(21)32-24(27)29)33(30,31)26-14-7-3-4-8-15-26/h5-6,9-12,17H,2-4,7-8,13-16H2,1H3,(H,25,28). The lowest BCUT2D eigenvalue weighted by atomic mass is 10.1. The summed E-state index contributed by atoms with van der Waals surface area (Å²) in [5.41, 5.74) is 2.50. The van der Waals surface area contributed by atoms with Crippen molar-refractivity contribution in [3.8, 4) is 0 Å². The number of aryl methyl sites for hydroxylation is 2. The Balaban J connectivity index is 1.51. The van der Waals surface area contributed by atoms with E-state index >= 15 is 0 Å². The molecule has 0 bridgehead atoms. The van der Waals surface area contributed by atoms with Gasteiger partial charge in [-0.05, 0) is 49.1 Å². The number of fused-ring (bicyclic) bond motifs is 1. The molecule has 0 atom stereocenters. The SMILES string of the molecule is CCc1ccccc1NC(=O)CCn1c(=O)sc2cc(S(=O)(=O)N3CCCCCC3)ccc21. The number of amides is 1. The molecule has 0 saturated carbocycles. The largest absolute Gasteiger partial charge is 0.326 e. The van der Waals surface area contributed by atoms with E-state index in [1.165, 1.54) is 0 Å². The maximum Gasteiger partial charge on any atom is 0.308 e. The molecule has 4 rings (SSSR count). The predicted molar refractivity (Wildman–Crippen MR) is 132 cm³/mol. The number of aromatic nitrogens is 1. The van der Waals surface area contributed by atoms with Gasteiger partial charge in [0.1, 0.15) is 0 Å². The second-order valence-corrected chi connectivity index (χ2v) is 11.2. The van der Waals surface area contributed by atoms with Crippen molar-refractivity contribution in [1.82, 2.24) is 8.87 Å². The summed E-state index contributed by atoms with van der Waals surface area (Å²) in [6.07, 6.45) is 4.80. The van der Waals surface area contributed by atoms with Crippen molar-refractivity contribution in [3.63, 3.8) is 0 Å². The van der Waals surface area contributed by atoms with Crippen molar-refractivity contribution < 1.29 is 13.2 Å². The third-order valence-corrected chi connectivity index (χ3v) is 8.91. The molecule has 3 aromatic rings. The van der Waals surface area contributed by atoms with Gasteiger partial charge in [-0.1, -0.05) is 49.3 Å². The Labute approximate surface area is 198 Å². The number of rotatable bonds is 7. The van der Waals surface area contributed by atoms with Gasteiger partial charge in [-0.3, -0.25) is 14.2 Å². The van der Waals surface area contributed by atoms with Crippen molar-refractivity contribution in [2.75, 3.05) is 18.4 Å². The Morgan fingerprint density at radius 2 is 1.79 bits per heavy atom. The van der Waals surface area contributed by atoms with Crippen molar-refractivity contribution in [2.45, 2.75) is 56.9 Å². The smallest absolute Gasteiger partial charge is 0.308 e. The van der Waals surface area contributed by atoms with Crippen LogP contribution in [0.4, 0.5) is 5.69 Å². The van der Waals surface area contributed by atoms with Crippen LogP contribution in [0.5, 0.6) is 0 Å². The van der Waals surface area contributed by atoms with Crippen LogP contribution in [0.15, 0.2) is 52.2 Å². The highest BCUT2D eigenvalue weighted by molar-refractivity contribution is 7.89. The Kier molecular flexibility index (Phi) is 7.31. The van der Waals surface area contributed by atoms with Crippen molar-refractivity contribution in [1.29, 1.82) is 0 Å². The van der Waals surface area contributed by atoms with Gasteiger partial charge in [0.25, 0.3) is 0 Å². The maximum atomic E-state index is 13.1. The van der Waals surface area contributed by atoms with Crippen LogP contribution in [0.3, 0.4) is 0 Å². The summed E-state index contributed by atoms with van der Waals surface area (Å²) in [4.78, 5) is 25.1. The molecule has 0 aliphatic carbocycles. The van der Waals surface area contributed by atoms with E-state index in [0.29, 0.717) is 23.3 Å². The first-order valence-corrected chi connectivity index (χ1v) is 13.7. The summed E-state index contributed by atoms with van der Waals surface area (Å²) in [6, 6.07) is 12.5. The minimum atomic E-state index is -3.58. The van der Waals surface area contributed by atoms with E-state index in [2.05, 4.69) is 5.32 Å². The molecule has 2 heterocycles. The molecular weight excluding hydrogens is 458 g/mol. The van der Waals surface area contributed by atoms with Gasteiger partial charge < -0.3 is 5.32 Å². The summed E-state index contributed by atoms with van der Waals surface area (Å²) >= 11 is 1.01. The molecule has 33 heavy (non-hydrogen) atoms. The summed E-state index contributed by atoms with van der Waals surface area (Å²) in [7, 11) is -3.58. The predicted octanol–water partition coefficient (Wildman–Crippen LogP) is 4.22. The van der Waals surface area contributed by atoms with E-state index in [1.807, 2.05) is 31.2 Å². The third kappa shape index (κ3) is 5.20. The van der Waals surface area contributed by atoms with Gasteiger partial charge in [0.2, 0.25) is 15.9 Å². The monoisotopic (exact) mass is 487 g/mol. The molecule has 0 spiro atoms. The van der Waals surface area contributed by atoms with Gasteiger partial charge in [-0.2, -0.15) is 4.31 Å². The average molecular weight is 488 g/mol. The lowest BCUT2D eigenvalue weighted by Gasteiger charge is -2.19. The first-order chi connectivity index (χ1) is 15.9. The Hall–Kier alpha value is -2.49. The van der Waals surface area contributed by atoms with Crippen LogP contribution in [-0.2, 0) is 27.8 Å². The van der Waals surface area contributed by atoms with E-state index in [1.54, 1.807) is 27.1 Å². The summed E-state index contributed by atoms with van der Waals surface area (Å²) in [5, 5.41) is 2.93. The van der Waals surface area contributed by atoms with Crippen LogP contribution in [0.2, 0.25) is 0 Å². The number of thiazole rings is 1. The van der Waals surface area contributed by atoms with Gasteiger partial charge in [0.05, 0.1) is 15.1 Å². The lowest BCUT2D eigenvalue weighted by molar-refractivity contribution is -0.116. The van der Waals surface area contributed by atoms with E-state index in [9.17, 15) is 18.0 Å². The van der Waals surface area contributed by atoms with Gasteiger partial charge in [0, 0.05) is 31.7 Å². The first-order valence-electron chi connectivity index (χ1n) is 11.4. The van der Waals surface area contributed by atoms with Crippen molar-refractivity contribution >= 4 is 43.2 Å². The van der Waals surface area contributed by atoms with Crippen molar-refractivity contribution in [3.05, 3.63) is 57.7 Å². The van der Waals surface area contributed by atoms with Crippen LogP contribution >= 0.6 is 11.3 Å². The van der Waals surface area contributed by atoms with E-state index in [-0.39, 0.29) is 28.6 Å². The second-order valence-electron chi connectivity index (χ2n) is 8.28. The minimum Gasteiger partial charge on any atom is -0.326 e. The molecule has 1 N–H and O–H groups in total. The normalized spacial score (nSPS) is 15.4. The highest BCUT2D eigenvalue weighted by Gasteiger charge is 2.26. The Morgan fingerprint density at radius 3 is 2.52 bits per heavy atom. The molecule has 1 amide bonds. The number of hydrogen-bond acceptors (Lipinski definition) is 5. The highest BCUT2D eigenvalue weighted by atomic mass is 32.2. The zero-order valence-electron chi connectivity index (χ0n) is 18.7. The molecule has 1 fully saturated rings.